The number of halogens is 4. The normalized spacial score (nSPS) is 12.6. The summed E-state index contributed by atoms with van der Waals surface area (Å²) in [7, 11) is 0. The van der Waals surface area contributed by atoms with Gasteiger partial charge in [-0.3, -0.25) is 9.59 Å². The molecular weight excluding hydrogens is 582 g/mol. The molecule has 0 bridgehead atoms. The molecule has 0 aliphatic heterocycles. The molecule has 3 aromatic rings. The highest BCUT2D eigenvalue weighted by atomic mass is 35.5. The third kappa shape index (κ3) is 9.10. The molecule has 0 saturated heterocycles. The van der Waals surface area contributed by atoms with Crippen molar-refractivity contribution < 1.29 is 9.59 Å². The van der Waals surface area contributed by atoms with E-state index in [0.717, 1.165) is 23.1 Å². The SMILES string of the molecule is CC[C@@H](C)NC(=O)[C@@H](Cc1ccccc1)N(Cc1ccc(Cl)c(Cl)c1)C(=O)CSCc1ccc(Cl)cc1Cl. The van der Waals surface area contributed by atoms with Crippen molar-refractivity contribution in [2.24, 2.45) is 0 Å². The van der Waals surface area contributed by atoms with Crippen LogP contribution in [-0.2, 0) is 28.3 Å². The maximum atomic E-state index is 13.7. The number of hydrogen-bond acceptors (Lipinski definition) is 3. The van der Waals surface area contributed by atoms with Gasteiger partial charge in [0.1, 0.15) is 6.04 Å². The summed E-state index contributed by atoms with van der Waals surface area (Å²) in [5, 5.41) is 5.01. The van der Waals surface area contributed by atoms with Crippen LogP contribution in [0.1, 0.15) is 37.0 Å². The Morgan fingerprint density at radius 1 is 0.895 bits per heavy atom. The van der Waals surface area contributed by atoms with E-state index in [9.17, 15) is 9.59 Å². The molecule has 0 spiro atoms. The molecule has 2 amide bonds. The van der Waals surface area contributed by atoms with Gasteiger partial charge < -0.3 is 10.2 Å². The van der Waals surface area contributed by atoms with E-state index in [0.29, 0.717) is 32.3 Å². The number of carbonyl (C=O) groups is 2. The van der Waals surface area contributed by atoms with Gasteiger partial charge in [0, 0.05) is 34.8 Å². The first kappa shape index (κ1) is 30.6. The van der Waals surface area contributed by atoms with Crippen LogP contribution in [0.4, 0.5) is 0 Å². The van der Waals surface area contributed by atoms with Crippen molar-refractivity contribution in [2.45, 2.75) is 51.1 Å². The molecule has 0 aliphatic carbocycles. The van der Waals surface area contributed by atoms with Crippen LogP contribution in [0.15, 0.2) is 66.7 Å². The highest BCUT2D eigenvalue weighted by Gasteiger charge is 2.31. The number of rotatable bonds is 12. The quantitative estimate of drug-likeness (QED) is 0.225. The number of carbonyl (C=O) groups excluding carboxylic acids is 2. The molecule has 0 fully saturated rings. The molecule has 0 heterocycles. The number of hydrogen-bond donors (Lipinski definition) is 1. The Labute approximate surface area is 249 Å². The number of amides is 2. The first-order chi connectivity index (χ1) is 18.2. The number of nitrogens with zero attached hydrogens (tertiary/aromatic N) is 1. The lowest BCUT2D eigenvalue weighted by atomic mass is 10.0. The van der Waals surface area contributed by atoms with Gasteiger partial charge in [-0.1, -0.05) is 95.8 Å². The van der Waals surface area contributed by atoms with E-state index in [1.165, 1.54) is 11.8 Å². The summed E-state index contributed by atoms with van der Waals surface area (Å²) >= 11 is 26.2. The Kier molecular flexibility index (Phi) is 12.1. The summed E-state index contributed by atoms with van der Waals surface area (Å²) in [4.78, 5) is 28.9. The van der Waals surface area contributed by atoms with E-state index in [1.54, 1.807) is 29.2 Å². The van der Waals surface area contributed by atoms with Gasteiger partial charge in [0.2, 0.25) is 11.8 Å². The monoisotopic (exact) mass is 610 g/mol. The second-order valence-electron chi connectivity index (χ2n) is 9.02. The van der Waals surface area contributed by atoms with Gasteiger partial charge in [0.15, 0.2) is 0 Å². The van der Waals surface area contributed by atoms with Crippen LogP contribution >= 0.6 is 58.2 Å². The van der Waals surface area contributed by atoms with Crippen LogP contribution in [0.25, 0.3) is 0 Å². The molecular formula is C29H30Cl4N2O2S. The van der Waals surface area contributed by atoms with E-state index in [-0.39, 0.29) is 30.2 Å². The summed E-state index contributed by atoms with van der Waals surface area (Å²) in [5.41, 5.74) is 2.64. The molecule has 4 nitrogen and oxygen atoms in total. The van der Waals surface area contributed by atoms with Crippen LogP contribution in [-0.4, -0.2) is 34.6 Å². The molecule has 0 saturated carbocycles. The fourth-order valence-electron chi connectivity index (χ4n) is 3.80. The minimum absolute atomic E-state index is 0.0240. The Balaban J connectivity index is 1.88. The zero-order valence-corrected chi connectivity index (χ0v) is 25.1. The Hall–Kier alpha value is -1.89. The zero-order chi connectivity index (χ0) is 27.7. The van der Waals surface area contributed by atoms with Crippen molar-refractivity contribution >= 4 is 70.0 Å². The van der Waals surface area contributed by atoms with E-state index in [4.69, 9.17) is 46.4 Å². The first-order valence-electron chi connectivity index (χ1n) is 12.3. The molecule has 9 heteroatoms. The van der Waals surface area contributed by atoms with E-state index < -0.39 is 6.04 Å². The van der Waals surface area contributed by atoms with Gasteiger partial charge >= 0.3 is 0 Å². The van der Waals surface area contributed by atoms with Crippen LogP contribution in [0.2, 0.25) is 20.1 Å². The van der Waals surface area contributed by atoms with Crippen molar-refractivity contribution in [3.63, 3.8) is 0 Å². The molecule has 3 rings (SSSR count). The fraction of sp³-hybridized carbons (Fsp3) is 0.310. The highest BCUT2D eigenvalue weighted by molar-refractivity contribution is 7.99. The number of benzene rings is 3. The summed E-state index contributed by atoms with van der Waals surface area (Å²) < 4.78 is 0. The van der Waals surface area contributed by atoms with Gasteiger partial charge in [-0.05, 0) is 54.3 Å². The predicted molar refractivity (Wildman–Crippen MR) is 161 cm³/mol. The molecule has 0 aliphatic rings. The van der Waals surface area contributed by atoms with Crippen molar-refractivity contribution in [1.82, 2.24) is 10.2 Å². The maximum absolute atomic E-state index is 13.7. The van der Waals surface area contributed by atoms with Gasteiger partial charge in [-0.15, -0.1) is 11.8 Å². The topological polar surface area (TPSA) is 49.4 Å². The summed E-state index contributed by atoms with van der Waals surface area (Å²) in [6.07, 6.45) is 1.16. The highest BCUT2D eigenvalue weighted by Crippen LogP contribution is 2.27. The van der Waals surface area contributed by atoms with Gasteiger partial charge in [-0.25, -0.2) is 0 Å². The van der Waals surface area contributed by atoms with Gasteiger partial charge in [0.25, 0.3) is 0 Å². The van der Waals surface area contributed by atoms with Crippen LogP contribution in [0.3, 0.4) is 0 Å². The fourth-order valence-corrected chi connectivity index (χ4v) is 5.59. The summed E-state index contributed by atoms with van der Waals surface area (Å²) in [5.74, 6) is 0.348. The predicted octanol–water partition coefficient (Wildman–Crippen LogP) is 8.09. The second-order valence-corrected chi connectivity index (χ2v) is 11.7. The Bertz CT molecular complexity index is 1240. The zero-order valence-electron chi connectivity index (χ0n) is 21.2. The lowest BCUT2D eigenvalue weighted by Crippen LogP contribution is -2.52. The molecule has 3 aromatic carbocycles. The van der Waals surface area contributed by atoms with Crippen molar-refractivity contribution in [1.29, 1.82) is 0 Å². The lowest BCUT2D eigenvalue weighted by molar-refractivity contribution is -0.139. The largest absolute Gasteiger partial charge is 0.352 e. The Morgan fingerprint density at radius 2 is 1.63 bits per heavy atom. The summed E-state index contributed by atoms with van der Waals surface area (Å²) in [6, 6.07) is 19.5. The standard InChI is InChI=1S/C29H30Cl4N2O2S/c1-3-19(2)34-29(37)27(14-20-7-5-4-6-8-20)35(16-21-9-12-24(31)26(33)13-21)28(36)18-38-17-22-10-11-23(30)15-25(22)32/h4-13,15,19,27H,3,14,16-18H2,1-2H3,(H,34,37)/t19-,27-/m1/s1. The summed E-state index contributed by atoms with van der Waals surface area (Å²) in [6.45, 7) is 4.17. The molecule has 0 aromatic heterocycles. The molecule has 1 N–H and O–H groups in total. The molecule has 202 valence electrons. The minimum Gasteiger partial charge on any atom is -0.352 e. The smallest absolute Gasteiger partial charge is 0.243 e. The van der Waals surface area contributed by atoms with Crippen LogP contribution < -0.4 is 5.32 Å². The third-order valence-corrected chi connectivity index (χ3v) is 8.40. The average Bonchev–Trinajstić information content (AvgIpc) is 2.89. The van der Waals surface area contributed by atoms with Gasteiger partial charge in [-0.2, -0.15) is 0 Å². The molecule has 2 atom stereocenters. The Morgan fingerprint density at radius 3 is 2.29 bits per heavy atom. The van der Waals surface area contributed by atoms with Crippen molar-refractivity contribution in [3.05, 3.63) is 104 Å². The number of nitrogens with one attached hydrogen (secondary N) is 1. The van der Waals surface area contributed by atoms with E-state index in [2.05, 4.69) is 5.32 Å². The average molecular weight is 612 g/mol. The van der Waals surface area contributed by atoms with Crippen LogP contribution in [0, 0.1) is 0 Å². The molecule has 0 unspecified atom stereocenters. The third-order valence-electron chi connectivity index (χ3n) is 6.11. The van der Waals surface area contributed by atoms with Crippen molar-refractivity contribution in [3.8, 4) is 0 Å². The van der Waals surface area contributed by atoms with E-state index in [1.807, 2.05) is 56.3 Å². The second kappa shape index (κ2) is 15.0. The minimum atomic E-state index is -0.715. The maximum Gasteiger partial charge on any atom is 0.243 e. The van der Waals surface area contributed by atoms with Crippen LogP contribution in [0.5, 0.6) is 0 Å². The van der Waals surface area contributed by atoms with Gasteiger partial charge in [0.05, 0.1) is 15.8 Å². The lowest BCUT2D eigenvalue weighted by Gasteiger charge is -2.32. The molecule has 38 heavy (non-hydrogen) atoms. The van der Waals surface area contributed by atoms with E-state index >= 15 is 0 Å². The first-order valence-corrected chi connectivity index (χ1v) is 14.9. The van der Waals surface area contributed by atoms with Crippen molar-refractivity contribution in [2.75, 3.05) is 5.75 Å². The molecule has 0 radical (unpaired) electrons. The number of thioether (sulfide) groups is 1.